The van der Waals surface area contributed by atoms with Crippen LogP contribution in [0, 0.1) is 5.41 Å². The maximum absolute atomic E-state index is 12.0. The number of carboxylic acid groups (broad SMARTS) is 2. The summed E-state index contributed by atoms with van der Waals surface area (Å²) in [6.45, 7) is 0. The van der Waals surface area contributed by atoms with Crippen LogP contribution < -0.4 is 0 Å². The lowest BCUT2D eigenvalue weighted by molar-refractivity contribution is -0.159. The molecule has 0 aliphatic carbocycles. The normalized spacial score (nSPS) is 11.9. The molecule has 0 bridgehead atoms. The van der Waals surface area contributed by atoms with Gasteiger partial charge in [-0.05, 0) is 25.7 Å². The molecule has 0 aliphatic heterocycles. The van der Waals surface area contributed by atoms with Crippen molar-refractivity contribution in [3.63, 3.8) is 0 Å². The molecule has 0 saturated carbocycles. The molecule has 0 radical (unpaired) electrons. The number of rotatable bonds is 18. The maximum Gasteiger partial charge on any atom is 0.335 e. The van der Waals surface area contributed by atoms with E-state index in [0.29, 0.717) is 44.9 Å². The van der Waals surface area contributed by atoms with Crippen molar-refractivity contribution in [1.82, 2.24) is 0 Å². The number of carbonyl (C=O) groups excluding carboxylic acids is 3. The van der Waals surface area contributed by atoms with Gasteiger partial charge in [-0.3, -0.25) is 33.9 Å². The molecule has 4 N–H and O–H groups in total. The number of hydrogen-bond donors (Lipinski definition) is 4. The first-order valence-corrected chi connectivity index (χ1v) is 12.3. The van der Waals surface area contributed by atoms with Gasteiger partial charge in [0.25, 0.3) is 10.1 Å². The number of nitrogens with one attached hydrogen (secondary N) is 1. The Morgan fingerprint density at radius 1 is 0.676 bits per heavy atom. The molecule has 0 heterocycles. The van der Waals surface area contributed by atoms with Crippen LogP contribution in [0.15, 0.2) is 0 Å². The first-order chi connectivity index (χ1) is 15.8. The Bertz CT molecular complexity index is 836. The Morgan fingerprint density at radius 2 is 1.06 bits per heavy atom. The van der Waals surface area contributed by atoms with E-state index < -0.39 is 57.5 Å². The van der Waals surface area contributed by atoms with E-state index in [4.69, 9.17) is 15.6 Å². The Balaban J connectivity index is 4.45. The summed E-state index contributed by atoms with van der Waals surface area (Å²) in [7, 11) is -5.08. The van der Waals surface area contributed by atoms with E-state index in [1.54, 1.807) is 0 Å². The maximum atomic E-state index is 12.0. The van der Waals surface area contributed by atoms with Gasteiger partial charge in [0.05, 0.1) is 6.42 Å². The van der Waals surface area contributed by atoms with Gasteiger partial charge in [0.15, 0.2) is 11.1 Å². The van der Waals surface area contributed by atoms with Crippen LogP contribution in [0.5, 0.6) is 0 Å². The van der Waals surface area contributed by atoms with E-state index in [9.17, 15) is 36.9 Å². The lowest BCUT2D eigenvalue weighted by Crippen LogP contribution is -2.35. The van der Waals surface area contributed by atoms with Crippen LogP contribution in [0.3, 0.4) is 0 Å². The summed E-state index contributed by atoms with van der Waals surface area (Å²) in [5.74, 6) is -6.31. The molecule has 1 unspecified atom stereocenters. The average molecular weight is 510 g/mol. The minimum absolute atomic E-state index is 0.0114. The Kier molecular flexibility index (Phi) is 15.3. The summed E-state index contributed by atoms with van der Waals surface area (Å²) in [5, 5.41) is 22.3. The van der Waals surface area contributed by atoms with Crippen LogP contribution in [0.1, 0.15) is 83.5 Å². The standard InChI is InChI=1S/C20H31NO12S/c21-15(32-18(26)11-7-3-1-5-9-16(22)23)13-14(34(29,30)31)20(28)33-19(27)12-8-4-2-6-10-17(24)25/h14,21H,1-13H2,(H,22,23)(H,24,25)(H,29,30,31). The highest BCUT2D eigenvalue weighted by molar-refractivity contribution is 7.87. The number of carbonyl (C=O) groups is 5. The third-order valence-electron chi connectivity index (χ3n) is 4.49. The second-order valence-electron chi connectivity index (χ2n) is 7.51. The van der Waals surface area contributed by atoms with Crippen molar-refractivity contribution >= 4 is 45.9 Å². The number of hydrogen-bond acceptors (Lipinski definition) is 10. The molecule has 0 aromatic heterocycles. The lowest BCUT2D eigenvalue weighted by Gasteiger charge is -2.13. The van der Waals surface area contributed by atoms with Crippen LogP contribution in [0.25, 0.3) is 0 Å². The zero-order valence-corrected chi connectivity index (χ0v) is 19.5. The zero-order valence-electron chi connectivity index (χ0n) is 18.7. The fourth-order valence-electron chi connectivity index (χ4n) is 2.74. The predicted octanol–water partition coefficient (Wildman–Crippen LogP) is 2.07. The molecule has 14 heteroatoms. The van der Waals surface area contributed by atoms with Gasteiger partial charge >= 0.3 is 29.8 Å². The fraction of sp³-hybridized carbons (Fsp3) is 0.700. The van der Waals surface area contributed by atoms with E-state index >= 15 is 0 Å². The van der Waals surface area contributed by atoms with Crippen LogP contribution in [-0.2, 0) is 43.6 Å². The Labute approximate surface area is 197 Å². The first kappa shape index (κ1) is 31.1. The van der Waals surface area contributed by atoms with Gasteiger partial charge in [0.2, 0.25) is 0 Å². The van der Waals surface area contributed by atoms with Gasteiger partial charge in [-0.15, -0.1) is 0 Å². The molecule has 194 valence electrons. The molecular weight excluding hydrogens is 478 g/mol. The summed E-state index contributed by atoms with van der Waals surface area (Å²) in [4.78, 5) is 56.3. The van der Waals surface area contributed by atoms with Gasteiger partial charge < -0.3 is 19.7 Å². The van der Waals surface area contributed by atoms with Crippen molar-refractivity contribution in [2.45, 2.75) is 88.7 Å². The predicted molar refractivity (Wildman–Crippen MR) is 116 cm³/mol. The Hall–Kier alpha value is -2.87. The molecule has 1 atom stereocenters. The molecule has 0 amide bonds. The van der Waals surface area contributed by atoms with Crippen molar-refractivity contribution in [1.29, 1.82) is 5.41 Å². The number of esters is 3. The summed E-state index contributed by atoms with van der Waals surface area (Å²) < 4.78 is 41.3. The highest BCUT2D eigenvalue weighted by atomic mass is 32.2. The van der Waals surface area contributed by atoms with Crippen molar-refractivity contribution in [2.75, 3.05) is 0 Å². The number of ether oxygens (including phenoxy) is 2. The highest BCUT2D eigenvalue weighted by Crippen LogP contribution is 2.12. The van der Waals surface area contributed by atoms with Crippen molar-refractivity contribution in [2.24, 2.45) is 0 Å². The van der Waals surface area contributed by atoms with E-state index in [-0.39, 0.29) is 32.1 Å². The highest BCUT2D eigenvalue weighted by Gasteiger charge is 2.36. The van der Waals surface area contributed by atoms with Crippen molar-refractivity contribution < 1.29 is 56.6 Å². The summed E-state index contributed by atoms with van der Waals surface area (Å²) in [5.41, 5.74) is 0. The topological polar surface area (TPSA) is 222 Å². The SMILES string of the molecule is N=C(CC(C(=O)OC(=O)CCCCCCC(=O)O)S(=O)(=O)O)OC(=O)CCCCCCC(=O)O. The lowest BCUT2D eigenvalue weighted by atomic mass is 10.1. The van der Waals surface area contributed by atoms with Crippen LogP contribution in [0.4, 0.5) is 0 Å². The van der Waals surface area contributed by atoms with E-state index in [1.165, 1.54) is 0 Å². The third-order valence-corrected chi connectivity index (χ3v) is 5.57. The molecule has 0 aromatic rings. The molecule has 0 fully saturated rings. The number of carboxylic acids is 2. The largest absolute Gasteiger partial charge is 0.481 e. The van der Waals surface area contributed by atoms with Crippen molar-refractivity contribution in [3.05, 3.63) is 0 Å². The third kappa shape index (κ3) is 16.7. The average Bonchev–Trinajstić information content (AvgIpc) is 2.69. The molecule has 0 rings (SSSR count). The minimum Gasteiger partial charge on any atom is -0.481 e. The van der Waals surface area contributed by atoms with Crippen molar-refractivity contribution in [3.8, 4) is 0 Å². The van der Waals surface area contributed by atoms with E-state index in [2.05, 4.69) is 9.47 Å². The van der Waals surface area contributed by atoms with E-state index in [1.807, 2.05) is 0 Å². The number of aliphatic carboxylic acids is 2. The van der Waals surface area contributed by atoms with Gasteiger partial charge in [-0.25, -0.2) is 0 Å². The smallest absolute Gasteiger partial charge is 0.335 e. The zero-order chi connectivity index (χ0) is 26.1. The first-order valence-electron chi connectivity index (χ1n) is 10.8. The molecule has 34 heavy (non-hydrogen) atoms. The quantitative estimate of drug-likeness (QED) is 0.0520. The summed E-state index contributed by atoms with van der Waals surface area (Å²) in [6, 6.07) is 0. The molecular formula is C20H31NO12S. The summed E-state index contributed by atoms with van der Waals surface area (Å²) in [6.07, 6.45) is 2.22. The molecule has 0 aliphatic rings. The second kappa shape index (κ2) is 16.7. The Morgan fingerprint density at radius 3 is 1.44 bits per heavy atom. The molecule has 13 nitrogen and oxygen atoms in total. The monoisotopic (exact) mass is 509 g/mol. The van der Waals surface area contributed by atoms with Gasteiger partial charge in [-0.2, -0.15) is 8.42 Å². The summed E-state index contributed by atoms with van der Waals surface area (Å²) >= 11 is 0. The van der Waals surface area contributed by atoms with Crippen LogP contribution >= 0.6 is 0 Å². The fourth-order valence-corrected chi connectivity index (χ4v) is 3.39. The second-order valence-corrected chi connectivity index (χ2v) is 9.11. The van der Waals surface area contributed by atoms with Gasteiger partial charge in [-0.1, -0.05) is 25.7 Å². The van der Waals surface area contributed by atoms with Crippen LogP contribution in [0.2, 0.25) is 0 Å². The van der Waals surface area contributed by atoms with E-state index in [0.717, 1.165) is 0 Å². The van der Waals surface area contributed by atoms with Gasteiger partial charge in [0.1, 0.15) is 0 Å². The van der Waals surface area contributed by atoms with Crippen LogP contribution in [-0.4, -0.2) is 64.2 Å². The number of unbranched alkanes of at least 4 members (excludes halogenated alkanes) is 6. The molecule has 0 aromatic carbocycles. The minimum atomic E-state index is -5.08. The molecule has 0 saturated heterocycles. The van der Waals surface area contributed by atoms with Gasteiger partial charge in [0, 0.05) is 25.7 Å². The molecule has 0 spiro atoms.